The van der Waals surface area contributed by atoms with Crippen molar-refractivity contribution < 1.29 is 9.53 Å². The first kappa shape index (κ1) is 13.8. The Morgan fingerprint density at radius 1 is 1.39 bits per heavy atom. The molecule has 104 valence electrons. The second-order valence-electron chi connectivity index (χ2n) is 5.48. The molecule has 2 aliphatic rings. The van der Waals surface area contributed by atoms with E-state index in [-0.39, 0.29) is 5.92 Å². The summed E-state index contributed by atoms with van der Waals surface area (Å²) in [6.07, 6.45) is 4.14. The molecule has 4 heteroatoms. The maximum absolute atomic E-state index is 12.6. The van der Waals surface area contributed by atoms with E-state index in [1.807, 2.05) is 0 Å². The Hall–Kier alpha value is -0.610. The van der Waals surface area contributed by atoms with Gasteiger partial charge in [-0.05, 0) is 25.7 Å². The molecule has 0 radical (unpaired) electrons. The second kappa shape index (κ2) is 6.53. The molecule has 2 fully saturated rings. The summed E-state index contributed by atoms with van der Waals surface area (Å²) in [4.78, 5) is 14.7. The molecule has 2 heterocycles. The summed E-state index contributed by atoms with van der Waals surface area (Å²) in [6.45, 7) is 7.58. The zero-order valence-electron chi connectivity index (χ0n) is 11.7. The molecule has 0 aromatic heterocycles. The lowest BCUT2D eigenvalue weighted by Gasteiger charge is -2.42. The van der Waals surface area contributed by atoms with Gasteiger partial charge in [0.25, 0.3) is 0 Å². The number of carbonyl (C=O) groups is 1. The van der Waals surface area contributed by atoms with Gasteiger partial charge in [0, 0.05) is 31.8 Å². The van der Waals surface area contributed by atoms with Gasteiger partial charge in [0.15, 0.2) is 0 Å². The Morgan fingerprint density at radius 3 is 2.83 bits per heavy atom. The van der Waals surface area contributed by atoms with Gasteiger partial charge in [-0.15, -0.1) is 0 Å². The lowest BCUT2D eigenvalue weighted by molar-refractivity contribution is -0.144. The number of nitrogens with zero attached hydrogens (tertiary/aromatic N) is 1. The summed E-state index contributed by atoms with van der Waals surface area (Å²) in [5.41, 5.74) is 0. The van der Waals surface area contributed by atoms with E-state index in [1.54, 1.807) is 0 Å². The minimum absolute atomic E-state index is 0.100. The number of carbonyl (C=O) groups excluding carboxylic acids is 1. The lowest BCUT2D eigenvalue weighted by Crippen LogP contribution is -2.59. The maximum Gasteiger partial charge on any atom is 0.228 e. The van der Waals surface area contributed by atoms with Crippen LogP contribution in [-0.4, -0.2) is 49.2 Å². The van der Waals surface area contributed by atoms with Crippen molar-refractivity contribution in [2.45, 2.75) is 51.6 Å². The molecule has 0 bridgehead atoms. The fourth-order valence-electron chi connectivity index (χ4n) is 2.94. The van der Waals surface area contributed by atoms with Crippen LogP contribution in [0.5, 0.6) is 0 Å². The molecule has 0 aliphatic carbocycles. The van der Waals surface area contributed by atoms with Gasteiger partial charge in [-0.2, -0.15) is 0 Å². The van der Waals surface area contributed by atoms with Crippen LogP contribution in [0.4, 0.5) is 0 Å². The van der Waals surface area contributed by atoms with Crippen LogP contribution >= 0.6 is 0 Å². The number of nitrogens with one attached hydrogen (secondary N) is 1. The quantitative estimate of drug-likeness (QED) is 0.828. The summed E-state index contributed by atoms with van der Waals surface area (Å²) in [5, 5.41) is 3.53. The van der Waals surface area contributed by atoms with Gasteiger partial charge in [0.2, 0.25) is 5.91 Å². The third-order valence-corrected chi connectivity index (χ3v) is 4.26. The fourth-order valence-corrected chi connectivity index (χ4v) is 2.94. The number of ether oxygens (including phenoxy) is 1. The number of amides is 1. The van der Waals surface area contributed by atoms with Gasteiger partial charge in [-0.3, -0.25) is 4.79 Å². The van der Waals surface area contributed by atoms with Crippen molar-refractivity contribution in [2.75, 3.05) is 26.3 Å². The van der Waals surface area contributed by atoms with Crippen LogP contribution in [0.3, 0.4) is 0 Å². The molecule has 18 heavy (non-hydrogen) atoms. The topological polar surface area (TPSA) is 41.6 Å². The average molecular weight is 254 g/mol. The zero-order chi connectivity index (χ0) is 13.0. The number of hydrogen-bond acceptors (Lipinski definition) is 3. The largest absolute Gasteiger partial charge is 0.381 e. The predicted molar refractivity (Wildman–Crippen MR) is 71.4 cm³/mol. The van der Waals surface area contributed by atoms with Crippen LogP contribution < -0.4 is 5.32 Å². The van der Waals surface area contributed by atoms with Crippen molar-refractivity contribution in [1.82, 2.24) is 10.2 Å². The molecule has 0 spiro atoms. The lowest BCUT2D eigenvalue weighted by atomic mass is 9.97. The molecule has 1 amide bonds. The van der Waals surface area contributed by atoms with E-state index < -0.39 is 0 Å². The van der Waals surface area contributed by atoms with Gasteiger partial charge in [0.05, 0.1) is 12.5 Å². The van der Waals surface area contributed by atoms with E-state index in [4.69, 9.17) is 4.74 Å². The first-order chi connectivity index (χ1) is 8.76. The Balaban J connectivity index is 1.99. The van der Waals surface area contributed by atoms with Crippen LogP contribution in [0.2, 0.25) is 0 Å². The summed E-state index contributed by atoms with van der Waals surface area (Å²) in [5.74, 6) is 0.421. The van der Waals surface area contributed by atoms with Crippen LogP contribution in [0.1, 0.15) is 39.5 Å². The molecule has 0 aromatic rings. The maximum atomic E-state index is 12.6. The van der Waals surface area contributed by atoms with Crippen molar-refractivity contribution in [1.29, 1.82) is 0 Å². The predicted octanol–water partition coefficient (Wildman–Crippen LogP) is 1.40. The van der Waals surface area contributed by atoms with Crippen molar-refractivity contribution in [3.63, 3.8) is 0 Å². The highest BCUT2D eigenvalue weighted by Crippen LogP contribution is 2.21. The van der Waals surface area contributed by atoms with Gasteiger partial charge in [-0.1, -0.05) is 13.8 Å². The van der Waals surface area contributed by atoms with Crippen molar-refractivity contribution >= 4 is 5.91 Å². The summed E-state index contributed by atoms with van der Waals surface area (Å²) in [7, 11) is 0. The van der Waals surface area contributed by atoms with Gasteiger partial charge in [-0.25, -0.2) is 0 Å². The first-order valence-electron chi connectivity index (χ1n) is 7.37. The normalized spacial score (nSPS) is 33.4. The van der Waals surface area contributed by atoms with E-state index in [1.165, 1.54) is 0 Å². The van der Waals surface area contributed by atoms with Crippen LogP contribution in [0.25, 0.3) is 0 Å². The van der Waals surface area contributed by atoms with E-state index in [2.05, 4.69) is 24.1 Å². The fraction of sp³-hybridized carbons (Fsp3) is 0.929. The SMILES string of the molecule is CCC1CN(C(=O)C2CCCOC2)C(CC)CN1. The highest BCUT2D eigenvalue weighted by Gasteiger charge is 2.34. The van der Waals surface area contributed by atoms with Crippen molar-refractivity contribution in [2.24, 2.45) is 5.92 Å². The molecular formula is C14H26N2O2. The van der Waals surface area contributed by atoms with Crippen molar-refractivity contribution in [3.8, 4) is 0 Å². The minimum atomic E-state index is 0.100. The molecular weight excluding hydrogens is 228 g/mol. The van der Waals surface area contributed by atoms with Gasteiger partial charge < -0.3 is 15.0 Å². The molecule has 2 aliphatic heterocycles. The highest BCUT2D eigenvalue weighted by atomic mass is 16.5. The molecule has 1 N–H and O–H groups in total. The minimum Gasteiger partial charge on any atom is -0.381 e. The van der Waals surface area contributed by atoms with Crippen LogP contribution in [0, 0.1) is 5.92 Å². The number of hydrogen-bond donors (Lipinski definition) is 1. The molecule has 2 rings (SSSR count). The Kier molecular flexibility index (Phi) is 5.01. The Labute approximate surface area is 110 Å². The third-order valence-electron chi connectivity index (χ3n) is 4.26. The summed E-state index contributed by atoms with van der Waals surface area (Å²) in [6, 6.07) is 0.823. The van der Waals surface area contributed by atoms with E-state index in [0.717, 1.165) is 45.4 Å². The standard InChI is InChI=1S/C14H26N2O2/c1-3-12-9-16(13(4-2)8-15-12)14(17)11-6-5-7-18-10-11/h11-13,15H,3-10H2,1-2H3. The number of rotatable bonds is 3. The molecule has 2 saturated heterocycles. The average Bonchev–Trinajstić information content (AvgIpc) is 2.46. The molecule has 0 saturated carbocycles. The smallest absolute Gasteiger partial charge is 0.228 e. The summed E-state index contributed by atoms with van der Waals surface area (Å²) < 4.78 is 5.45. The first-order valence-corrected chi connectivity index (χ1v) is 7.37. The van der Waals surface area contributed by atoms with Crippen LogP contribution in [0.15, 0.2) is 0 Å². The Morgan fingerprint density at radius 2 is 2.22 bits per heavy atom. The molecule has 3 atom stereocenters. The van der Waals surface area contributed by atoms with E-state index in [0.29, 0.717) is 24.6 Å². The monoisotopic (exact) mass is 254 g/mol. The van der Waals surface area contributed by atoms with Gasteiger partial charge in [0.1, 0.15) is 0 Å². The van der Waals surface area contributed by atoms with Crippen molar-refractivity contribution in [3.05, 3.63) is 0 Å². The van der Waals surface area contributed by atoms with E-state index in [9.17, 15) is 4.79 Å². The second-order valence-corrected chi connectivity index (χ2v) is 5.48. The Bertz CT molecular complexity index is 277. The van der Waals surface area contributed by atoms with Crippen LogP contribution in [-0.2, 0) is 9.53 Å². The summed E-state index contributed by atoms with van der Waals surface area (Å²) >= 11 is 0. The highest BCUT2D eigenvalue weighted by molar-refractivity contribution is 5.79. The third kappa shape index (κ3) is 3.04. The number of piperazine rings is 1. The van der Waals surface area contributed by atoms with Gasteiger partial charge >= 0.3 is 0 Å². The molecule has 3 unspecified atom stereocenters. The molecule has 4 nitrogen and oxygen atoms in total. The molecule has 0 aromatic carbocycles. The zero-order valence-corrected chi connectivity index (χ0v) is 11.7. The van der Waals surface area contributed by atoms with E-state index >= 15 is 0 Å².